The molecule has 0 amide bonds. The van der Waals surface area contributed by atoms with Crippen LogP contribution in [-0.2, 0) is 47.6 Å². The maximum atomic E-state index is 13.6. The van der Waals surface area contributed by atoms with E-state index in [1.807, 2.05) is 38.2 Å². The standard InChI is InChI=1S/C40H56O10S2/c1-5-6-7-8-9-11-16-34-35(17-12-10-13-18-36(40(41)46-4)48-39-19-14-15-28-47-39)38(50-52(44,45)33-26-22-31(3)23-27-33)29-37(34)49-51(42,43)32-24-20-30(2)21-25-32/h10-12,16,20-27,34-39H,5-9,13-15,17-19,28-29H2,1-4H3/b12-10-,16-11+/t34-,35-,36?,37-,38+,39?/m1/s1. The third-order valence-electron chi connectivity index (χ3n) is 9.66. The van der Waals surface area contributed by atoms with Crippen molar-refractivity contribution in [3.63, 3.8) is 0 Å². The number of unbranched alkanes of at least 4 members (excludes halogenated alkanes) is 4. The summed E-state index contributed by atoms with van der Waals surface area (Å²) in [4.78, 5) is 12.6. The summed E-state index contributed by atoms with van der Waals surface area (Å²) in [5.41, 5.74) is 1.82. The first-order valence-electron chi connectivity index (χ1n) is 18.6. The summed E-state index contributed by atoms with van der Waals surface area (Å²) < 4.78 is 82.7. The fourth-order valence-electron chi connectivity index (χ4n) is 6.66. The van der Waals surface area contributed by atoms with Gasteiger partial charge in [-0.05, 0) is 95.4 Å². The van der Waals surface area contributed by atoms with Crippen LogP contribution in [0.2, 0.25) is 0 Å². The molecule has 0 radical (unpaired) electrons. The largest absolute Gasteiger partial charge is 0.467 e. The van der Waals surface area contributed by atoms with E-state index < -0.39 is 62.6 Å². The highest BCUT2D eigenvalue weighted by Crippen LogP contribution is 2.42. The molecule has 6 atom stereocenters. The molecular formula is C40H56O10S2. The Kier molecular flexibility index (Phi) is 16.5. The number of allylic oxidation sites excluding steroid dienone is 3. The number of ether oxygens (including phenoxy) is 3. The maximum absolute atomic E-state index is 13.6. The second kappa shape index (κ2) is 20.5. The first-order valence-corrected chi connectivity index (χ1v) is 21.4. The Morgan fingerprint density at radius 1 is 0.827 bits per heavy atom. The minimum atomic E-state index is -4.18. The Morgan fingerprint density at radius 3 is 2.04 bits per heavy atom. The van der Waals surface area contributed by atoms with Gasteiger partial charge >= 0.3 is 5.97 Å². The molecule has 2 fully saturated rings. The van der Waals surface area contributed by atoms with Crippen LogP contribution in [0.1, 0.15) is 95.1 Å². The number of rotatable bonds is 20. The summed E-state index contributed by atoms with van der Waals surface area (Å²) in [5.74, 6) is -1.35. The molecule has 2 unspecified atom stereocenters. The van der Waals surface area contributed by atoms with E-state index in [2.05, 4.69) is 6.92 Å². The first-order chi connectivity index (χ1) is 24.9. The number of methoxy groups -OCH3 is 1. The van der Waals surface area contributed by atoms with Gasteiger partial charge in [0.05, 0.1) is 29.1 Å². The van der Waals surface area contributed by atoms with Gasteiger partial charge in [-0.1, -0.05) is 85.9 Å². The molecule has 4 rings (SSSR count). The van der Waals surface area contributed by atoms with Gasteiger partial charge in [0.25, 0.3) is 20.2 Å². The Bertz CT molecular complexity index is 1660. The molecule has 1 aliphatic carbocycles. The van der Waals surface area contributed by atoms with Crippen LogP contribution < -0.4 is 0 Å². The third kappa shape index (κ3) is 12.6. The van der Waals surface area contributed by atoms with Crippen LogP contribution >= 0.6 is 0 Å². The third-order valence-corrected chi connectivity index (χ3v) is 12.4. The lowest BCUT2D eigenvalue weighted by molar-refractivity contribution is -0.203. The molecule has 1 saturated carbocycles. The molecule has 1 heterocycles. The molecule has 10 nitrogen and oxygen atoms in total. The van der Waals surface area contributed by atoms with Crippen LogP contribution in [0.25, 0.3) is 0 Å². The van der Waals surface area contributed by atoms with Crippen molar-refractivity contribution in [2.24, 2.45) is 11.8 Å². The molecule has 0 spiro atoms. The highest BCUT2D eigenvalue weighted by molar-refractivity contribution is 7.87. The quantitative estimate of drug-likeness (QED) is 0.0564. The van der Waals surface area contributed by atoms with Gasteiger partial charge in [-0.15, -0.1) is 0 Å². The second-order valence-corrected chi connectivity index (χ2v) is 16.9. The van der Waals surface area contributed by atoms with Crippen LogP contribution in [0.5, 0.6) is 0 Å². The number of esters is 1. The van der Waals surface area contributed by atoms with E-state index in [4.69, 9.17) is 22.6 Å². The molecule has 0 N–H and O–H groups in total. The molecular weight excluding hydrogens is 705 g/mol. The maximum Gasteiger partial charge on any atom is 0.335 e. The summed E-state index contributed by atoms with van der Waals surface area (Å²) in [5, 5.41) is 0. The van der Waals surface area contributed by atoms with Crippen LogP contribution in [0.3, 0.4) is 0 Å². The average molecular weight is 761 g/mol. The summed E-state index contributed by atoms with van der Waals surface area (Å²) in [6.07, 6.45) is 14.0. The monoisotopic (exact) mass is 760 g/mol. The Hall–Kier alpha value is -2.87. The fourth-order valence-corrected chi connectivity index (χ4v) is 8.90. The van der Waals surface area contributed by atoms with Crippen molar-refractivity contribution >= 4 is 26.2 Å². The SMILES string of the molecule is CCCCCC/C=C/[C@@H]1[C@@H](C/C=C\CCC(OC2CCCCO2)C(=O)OC)[C@@H](OS(=O)(=O)c2ccc(C)cc2)C[C@H]1OS(=O)(=O)c1ccc(C)cc1. The van der Waals surface area contributed by atoms with E-state index in [9.17, 15) is 21.6 Å². The van der Waals surface area contributed by atoms with Crippen molar-refractivity contribution in [2.75, 3.05) is 13.7 Å². The topological polar surface area (TPSA) is 132 Å². The van der Waals surface area contributed by atoms with Crippen molar-refractivity contribution in [3.8, 4) is 0 Å². The van der Waals surface area contributed by atoms with Gasteiger partial charge in [-0.25, -0.2) is 4.79 Å². The lowest BCUT2D eigenvalue weighted by Crippen LogP contribution is -2.33. The molecule has 2 aliphatic rings. The van der Waals surface area contributed by atoms with Gasteiger partial charge in [0, 0.05) is 18.9 Å². The highest BCUT2D eigenvalue weighted by Gasteiger charge is 2.47. The highest BCUT2D eigenvalue weighted by atomic mass is 32.2. The van der Waals surface area contributed by atoms with E-state index in [1.54, 1.807) is 24.3 Å². The predicted octanol–water partition coefficient (Wildman–Crippen LogP) is 8.13. The molecule has 2 aromatic carbocycles. The number of hydrogen-bond donors (Lipinski definition) is 0. The van der Waals surface area contributed by atoms with E-state index >= 15 is 0 Å². The van der Waals surface area contributed by atoms with Crippen LogP contribution in [-0.4, -0.2) is 61.1 Å². The first kappa shape index (κ1) is 41.9. The Labute approximate surface area is 311 Å². The zero-order chi connectivity index (χ0) is 37.6. The number of benzene rings is 2. The number of hydrogen-bond acceptors (Lipinski definition) is 10. The molecule has 1 aliphatic heterocycles. The summed E-state index contributed by atoms with van der Waals surface area (Å²) in [6, 6.07) is 12.9. The van der Waals surface area contributed by atoms with Crippen molar-refractivity contribution < 1.29 is 44.2 Å². The van der Waals surface area contributed by atoms with Gasteiger partial charge in [0.2, 0.25) is 0 Å². The fraction of sp³-hybridized carbons (Fsp3) is 0.575. The smallest absolute Gasteiger partial charge is 0.335 e. The number of aryl methyl sites for hydroxylation is 2. The molecule has 52 heavy (non-hydrogen) atoms. The van der Waals surface area contributed by atoms with Crippen molar-refractivity contribution in [1.82, 2.24) is 0 Å². The predicted molar refractivity (Wildman–Crippen MR) is 199 cm³/mol. The lowest BCUT2D eigenvalue weighted by Gasteiger charge is -2.26. The van der Waals surface area contributed by atoms with E-state index in [-0.39, 0.29) is 16.2 Å². The number of carbonyl (C=O) groups excluding carboxylic acids is 1. The molecule has 12 heteroatoms. The van der Waals surface area contributed by atoms with Crippen LogP contribution in [0.15, 0.2) is 82.6 Å². The zero-order valence-electron chi connectivity index (χ0n) is 31.0. The molecule has 288 valence electrons. The zero-order valence-corrected chi connectivity index (χ0v) is 32.6. The second-order valence-electron chi connectivity index (χ2n) is 13.8. The summed E-state index contributed by atoms with van der Waals surface area (Å²) in [7, 11) is -7.02. The van der Waals surface area contributed by atoms with Gasteiger partial charge in [0.15, 0.2) is 12.4 Å². The van der Waals surface area contributed by atoms with E-state index in [0.717, 1.165) is 56.1 Å². The minimum Gasteiger partial charge on any atom is -0.467 e. The van der Waals surface area contributed by atoms with Gasteiger partial charge in [0.1, 0.15) is 0 Å². The Morgan fingerprint density at radius 2 is 1.46 bits per heavy atom. The van der Waals surface area contributed by atoms with Crippen molar-refractivity contribution in [3.05, 3.63) is 84.0 Å². The summed E-state index contributed by atoms with van der Waals surface area (Å²) >= 11 is 0. The van der Waals surface area contributed by atoms with Crippen molar-refractivity contribution in [2.45, 2.75) is 132 Å². The lowest BCUT2D eigenvalue weighted by atomic mass is 9.89. The van der Waals surface area contributed by atoms with E-state index in [0.29, 0.717) is 32.3 Å². The molecule has 2 aromatic rings. The minimum absolute atomic E-state index is 0.0304. The molecule has 0 aromatic heterocycles. The van der Waals surface area contributed by atoms with E-state index in [1.165, 1.54) is 31.4 Å². The number of carbonyl (C=O) groups is 1. The molecule has 1 saturated heterocycles. The van der Waals surface area contributed by atoms with Gasteiger partial charge in [-0.3, -0.25) is 8.37 Å². The summed E-state index contributed by atoms with van der Waals surface area (Å²) in [6.45, 7) is 6.49. The van der Waals surface area contributed by atoms with Crippen LogP contribution in [0, 0.1) is 25.7 Å². The normalized spacial score (nSPS) is 23.3. The van der Waals surface area contributed by atoms with Crippen molar-refractivity contribution in [1.29, 1.82) is 0 Å². The van der Waals surface area contributed by atoms with Gasteiger partial charge in [-0.2, -0.15) is 16.8 Å². The Balaban J connectivity index is 1.58. The average Bonchev–Trinajstić information content (AvgIpc) is 3.42. The van der Waals surface area contributed by atoms with Gasteiger partial charge < -0.3 is 14.2 Å². The molecule has 0 bridgehead atoms. The van der Waals surface area contributed by atoms with Crippen LogP contribution in [0.4, 0.5) is 0 Å².